The Bertz CT molecular complexity index is 432. The van der Waals surface area contributed by atoms with Gasteiger partial charge in [0.25, 0.3) is 0 Å². The first-order chi connectivity index (χ1) is 7.09. The molecule has 0 amide bonds. The normalized spacial score (nSPS) is 9.20. The van der Waals surface area contributed by atoms with Crippen LogP contribution in [0.2, 0.25) is 0 Å². The summed E-state index contributed by atoms with van der Waals surface area (Å²) in [6.45, 7) is 1.45. The van der Waals surface area contributed by atoms with E-state index in [2.05, 4.69) is 11.8 Å². The molecule has 0 aliphatic rings. The van der Waals surface area contributed by atoms with Gasteiger partial charge in [-0.2, -0.15) is 0 Å². The van der Waals surface area contributed by atoms with E-state index in [1.54, 1.807) is 0 Å². The Hall–Kier alpha value is -1.47. The van der Waals surface area contributed by atoms with Gasteiger partial charge in [0.1, 0.15) is 11.6 Å². The molecule has 0 fully saturated rings. The molecule has 15 heavy (non-hydrogen) atoms. The maximum absolute atomic E-state index is 13.1. The van der Waals surface area contributed by atoms with E-state index in [1.165, 1.54) is 19.1 Å². The molecule has 0 aliphatic heterocycles. The highest BCUT2D eigenvalue weighted by Gasteiger charge is 1.99. The standard InChI is InChI=1S/C11H9FO2S/c1-8(13)15-6-2-3-9-7-10(14)4-5-11(9)12/h4-5,7,14H,6H2,1H3. The van der Waals surface area contributed by atoms with Crippen LogP contribution in [0.25, 0.3) is 0 Å². The summed E-state index contributed by atoms with van der Waals surface area (Å²) in [5, 5.41) is 9.06. The molecule has 0 aromatic heterocycles. The lowest BCUT2D eigenvalue weighted by atomic mass is 10.2. The van der Waals surface area contributed by atoms with Crippen LogP contribution in [0.5, 0.6) is 5.75 Å². The molecule has 0 radical (unpaired) electrons. The molecule has 0 aliphatic carbocycles. The molecular formula is C11H9FO2S. The van der Waals surface area contributed by atoms with E-state index in [1.807, 2.05) is 0 Å². The van der Waals surface area contributed by atoms with Crippen LogP contribution < -0.4 is 0 Å². The van der Waals surface area contributed by atoms with E-state index in [4.69, 9.17) is 5.11 Å². The van der Waals surface area contributed by atoms with Crippen molar-refractivity contribution in [3.8, 4) is 17.6 Å². The largest absolute Gasteiger partial charge is 0.508 e. The fourth-order valence-corrected chi connectivity index (χ4v) is 1.23. The van der Waals surface area contributed by atoms with Gasteiger partial charge in [0.2, 0.25) is 0 Å². The van der Waals surface area contributed by atoms with Gasteiger partial charge in [-0.25, -0.2) is 4.39 Å². The Balaban J connectivity index is 2.71. The zero-order valence-electron chi connectivity index (χ0n) is 8.08. The molecule has 0 unspecified atom stereocenters. The summed E-state index contributed by atoms with van der Waals surface area (Å²) < 4.78 is 13.1. The van der Waals surface area contributed by atoms with Crippen molar-refractivity contribution in [1.29, 1.82) is 0 Å². The molecule has 0 saturated carbocycles. The molecule has 4 heteroatoms. The SMILES string of the molecule is CC(=O)SCC#Cc1cc(O)ccc1F. The lowest BCUT2D eigenvalue weighted by Crippen LogP contribution is -1.85. The number of phenolic OH excluding ortho intramolecular Hbond substituents is 1. The van der Waals surface area contributed by atoms with Crippen molar-refractivity contribution in [1.82, 2.24) is 0 Å². The summed E-state index contributed by atoms with van der Waals surface area (Å²) in [7, 11) is 0. The number of thioether (sulfide) groups is 1. The van der Waals surface area contributed by atoms with Crippen LogP contribution in [-0.2, 0) is 4.79 Å². The molecule has 78 valence electrons. The Kier molecular flexibility index (Phi) is 4.19. The van der Waals surface area contributed by atoms with Crippen molar-refractivity contribution in [3.05, 3.63) is 29.6 Å². The average molecular weight is 224 g/mol. The molecule has 0 heterocycles. The molecule has 0 spiro atoms. The Morgan fingerprint density at radius 3 is 3.00 bits per heavy atom. The number of aromatic hydroxyl groups is 1. The minimum absolute atomic E-state index is 0.0271. The smallest absolute Gasteiger partial charge is 0.186 e. The zero-order valence-corrected chi connectivity index (χ0v) is 8.90. The van der Waals surface area contributed by atoms with Crippen LogP contribution in [0.3, 0.4) is 0 Å². The number of rotatable bonds is 1. The molecule has 1 aromatic carbocycles. The highest BCUT2D eigenvalue weighted by atomic mass is 32.2. The summed E-state index contributed by atoms with van der Waals surface area (Å²) in [6, 6.07) is 3.66. The predicted molar refractivity (Wildman–Crippen MR) is 58.1 cm³/mol. The summed E-state index contributed by atoms with van der Waals surface area (Å²) in [4.78, 5) is 10.6. The van der Waals surface area contributed by atoms with Crippen LogP contribution >= 0.6 is 11.8 Å². The summed E-state index contributed by atoms with van der Waals surface area (Å²) in [5.74, 6) is 5.01. The van der Waals surface area contributed by atoms with Gasteiger partial charge in [0, 0.05) is 6.92 Å². The molecule has 2 nitrogen and oxygen atoms in total. The average Bonchev–Trinajstić information content (AvgIpc) is 2.17. The van der Waals surface area contributed by atoms with E-state index >= 15 is 0 Å². The van der Waals surface area contributed by atoms with Crippen molar-refractivity contribution in [2.75, 3.05) is 5.75 Å². The van der Waals surface area contributed by atoms with Gasteiger partial charge in [-0.15, -0.1) is 0 Å². The molecule has 0 bridgehead atoms. The van der Waals surface area contributed by atoms with E-state index < -0.39 is 5.82 Å². The fourth-order valence-electron chi connectivity index (χ4n) is 0.878. The van der Waals surface area contributed by atoms with Crippen LogP contribution in [0, 0.1) is 17.7 Å². The molecule has 0 saturated heterocycles. The van der Waals surface area contributed by atoms with Gasteiger partial charge < -0.3 is 5.11 Å². The second-order valence-electron chi connectivity index (χ2n) is 2.75. The fraction of sp³-hybridized carbons (Fsp3) is 0.182. The first-order valence-electron chi connectivity index (χ1n) is 4.20. The molecule has 1 N–H and O–H groups in total. The van der Waals surface area contributed by atoms with Crippen molar-refractivity contribution < 1.29 is 14.3 Å². The van der Waals surface area contributed by atoms with Crippen LogP contribution in [0.15, 0.2) is 18.2 Å². The highest BCUT2D eigenvalue weighted by Crippen LogP contribution is 2.14. The summed E-state index contributed by atoms with van der Waals surface area (Å²) in [6.07, 6.45) is 0. The van der Waals surface area contributed by atoms with Crippen LogP contribution in [0.1, 0.15) is 12.5 Å². The minimum Gasteiger partial charge on any atom is -0.508 e. The van der Waals surface area contributed by atoms with Crippen molar-refractivity contribution in [2.24, 2.45) is 0 Å². The van der Waals surface area contributed by atoms with E-state index in [-0.39, 0.29) is 16.4 Å². The van der Waals surface area contributed by atoms with Gasteiger partial charge in [-0.3, -0.25) is 4.79 Å². The number of hydrogen-bond donors (Lipinski definition) is 1. The van der Waals surface area contributed by atoms with Gasteiger partial charge in [0.05, 0.1) is 11.3 Å². The van der Waals surface area contributed by atoms with Crippen molar-refractivity contribution >= 4 is 16.9 Å². The van der Waals surface area contributed by atoms with Gasteiger partial charge in [-0.1, -0.05) is 23.6 Å². The molecule has 0 atom stereocenters. The number of carbonyl (C=O) groups is 1. The second-order valence-corrected chi connectivity index (χ2v) is 3.90. The number of hydrogen-bond acceptors (Lipinski definition) is 3. The predicted octanol–water partition coefficient (Wildman–Crippen LogP) is 2.16. The third-order valence-electron chi connectivity index (χ3n) is 1.52. The van der Waals surface area contributed by atoms with Crippen molar-refractivity contribution in [3.63, 3.8) is 0 Å². The lowest BCUT2D eigenvalue weighted by molar-refractivity contribution is -0.109. The van der Waals surface area contributed by atoms with Gasteiger partial charge in [0.15, 0.2) is 5.12 Å². The van der Waals surface area contributed by atoms with Crippen LogP contribution in [-0.4, -0.2) is 16.0 Å². The molecule has 1 rings (SSSR count). The second kappa shape index (κ2) is 5.42. The van der Waals surface area contributed by atoms with E-state index in [0.29, 0.717) is 5.75 Å². The number of benzene rings is 1. The Morgan fingerprint density at radius 1 is 1.60 bits per heavy atom. The number of halogens is 1. The minimum atomic E-state index is -0.479. The topological polar surface area (TPSA) is 37.3 Å². The number of phenols is 1. The van der Waals surface area contributed by atoms with Gasteiger partial charge in [-0.05, 0) is 18.2 Å². The Morgan fingerprint density at radius 2 is 2.33 bits per heavy atom. The quantitative estimate of drug-likeness (QED) is 0.743. The highest BCUT2D eigenvalue weighted by molar-refractivity contribution is 8.13. The Labute approximate surface area is 91.5 Å². The third kappa shape index (κ3) is 4.05. The first kappa shape index (κ1) is 11.6. The third-order valence-corrected chi connectivity index (χ3v) is 2.22. The number of carbonyl (C=O) groups excluding carboxylic acids is 1. The van der Waals surface area contributed by atoms with E-state index in [0.717, 1.165) is 17.8 Å². The maximum Gasteiger partial charge on any atom is 0.186 e. The maximum atomic E-state index is 13.1. The summed E-state index contributed by atoms with van der Waals surface area (Å²) in [5.41, 5.74) is 0.138. The van der Waals surface area contributed by atoms with E-state index in [9.17, 15) is 9.18 Å². The lowest BCUT2D eigenvalue weighted by Gasteiger charge is -1.94. The van der Waals surface area contributed by atoms with Crippen LogP contribution in [0.4, 0.5) is 4.39 Å². The van der Waals surface area contributed by atoms with Crippen molar-refractivity contribution in [2.45, 2.75) is 6.92 Å². The molecule has 1 aromatic rings. The zero-order chi connectivity index (χ0) is 11.3. The first-order valence-corrected chi connectivity index (χ1v) is 5.19. The monoisotopic (exact) mass is 224 g/mol. The van der Waals surface area contributed by atoms with Gasteiger partial charge >= 0.3 is 0 Å². The summed E-state index contributed by atoms with van der Waals surface area (Å²) >= 11 is 1.06. The molecular weight excluding hydrogens is 215 g/mol.